The van der Waals surface area contributed by atoms with Crippen molar-refractivity contribution in [2.45, 2.75) is 18.9 Å². The zero-order chi connectivity index (χ0) is 16.7. The van der Waals surface area contributed by atoms with Crippen molar-refractivity contribution in [3.8, 4) is 0 Å². The molecule has 1 aliphatic rings. The zero-order valence-electron chi connectivity index (χ0n) is 12.7. The van der Waals surface area contributed by atoms with Gasteiger partial charge >= 0.3 is 0 Å². The van der Waals surface area contributed by atoms with E-state index < -0.39 is 0 Å². The number of nitrogens with zero attached hydrogens (tertiary/aromatic N) is 1. The molecule has 1 saturated heterocycles. The lowest BCUT2D eigenvalue weighted by atomic mass is 10.2. The maximum absolute atomic E-state index is 12.5. The van der Waals surface area contributed by atoms with E-state index >= 15 is 0 Å². The van der Waals surface area contributed by atoms with Crippen molar-refractivity contribution in [3.05, 3.63) is 43.5 Å². The zero-order valence-corrected chi connectivity index (χ0v) is 14.3. The van der Waals surface area contributed by atoms with Crippen LogP contribution in [0.5, 0.6) is 0 Å². The summed E-state index contributed by atoms with van der Waals surface area (Å²) in [5, 5.41) is 3.43. The Hall–Kier alpha value is -2.03. The van der Waals surface area contributed by atoms with E-state index in [2.05, 4.69) is 10.3 Å². The summed E-state index contributed by atoms with van der Waals surface area (Å²) >= 11 is 6.61. The van der Waals surface area contributed by atoms with E-state index in [1.54, 1.807) is 16.5 Å². The standard InChI is InChI=1S/C16H15N3O3S2/c20-14-10-5-1-2-6-11(10)19-13(18-14)12(24-16(19)23)15(21)17-8-9-4-3-7-22-9/h1-2,5-6,9H,3-4,7-8H2,(H,17,21)(H,18,20). The van der Waals surface area contributed by atoms with Crippen LogP contribution in [0.1, 0.15) is 22.5 Å². The first kappa shape index (κ1) is 15.5. The molecule has 0 spiro atoms. The predicted octanol–water partition coefficient (Wildman–Crippen LogP) is 2.48. The highest BCUT2D eigenvalue weighted by molar-refractivity contribution is 7.73. The molecule has 1 unspecified atom stereocenters. The van der Waals surface area contributed by atoms with E-state index in [9.17, 15) is 9.59 Å². The molecule has 0 saturated carbocycles. The quantitative estimate of drug-likeness (QED) is 0.703. The number of hydrogen-bond acceptors (Lipinski definition) is 5. The minimum atomic E-state index is -0.241. The molecule has 2 N–H and O–H groups in total. The summed E-state index contributed by atoms with van der Waals surface area (Å²) in [7, 11) is 0. The van der Waals surface area contributed by atoms with Gasteiger partial charge in [0.1, 0.15) is 10.5 Å². The largest absolute Gasteiger partial charge is 0.376 e. The van der Waals surface area contributed by atoms with E-state index in [1.807, 2.05) is 12.1 Å². The van der Waals surface area contributed by atoms with Gasteiger partial charge in [-0.25, -0.2) is 0 Å². The second-order valence-corrected chi connectivity index (χ2v) is 7.34. The van der Waals surface area contributed by atoms with Crippen LogP contribution >= 0.6 is 23.6 Å². The average Bonchev–Trinajstić information content (AvgIpc) is 3.21. The van der Waals surface area contributed by atoms with Gasteiger partial charge in [-0.3, -0.25) is 14.0 Å². The number of para-hydroxylation sites is 1. The second kappa shape index (κ2) is 6.12. The van der Waals surface area contributed by atoms with Gasteiger partial charge in [-0.1, -0.05) is 23.5 Å². The predicted molar refractivity (Wildman–Crippen MR) is 95.5 cm³/mol. The molecule has 0 radical (unpaired) electrons. The number of benzene rings is 1. The van der Waals surface area contributed by atoms with Crippen LogP contribution < -0.4 is 10.9 Å². The summed E-state index contributed by atoms with van der Waals surface area (Å²) in [6.07, 6.45) is 2.04. The Morgan fingerprint density at radius 3 is 3.08 bits per heavy atom. The van der Waals surface area contributed by atoms with Gasteiger partial charge in [0.2, 0.25) is 0 Å². The lowest BCUT2D eigenvalue weighted by Crippen LogP contribution is -2.31. The summed E-state index contributed by atoms with van der Waals surface area (Å²) in [4.78, 5) is 28.0. The van der Waals surface area contributed by atoms with E-state index in [0.717, 1.165) is 19.4 Å². The molecule has 3 heterocycles. The van der Waals surface area contributed by atoms with E-state index in [-0.39, 0.29) is 17.6 Å². The van der Waals surface area contributed by atoms with Gasteiger partial charge in [-0.2, -0.15) is 0 Å². The fourth-order valence-corrected chi connectivity index (χ4v) is 4.29. The van der Waals surface area contributed by atoms with Crippen LogP contribution in [0.3, 0.4) is 0 Å². The van der Waals surface area contributed by atoms with Crippen LogP contribution in [-0.4, -0.2) is 34.5 Å². The molecule has 0 bridgehead atoms. The third kappa shape index (κ3) is 2.56. The van der Waals surface area contributed by atoms with Crippen LogP contribution in [0.2, 0.25) is 0 Å². The molecular weight excluding hydrogens is 346 g/mol. The molecule has 1 atom stereocenters. The Kier molecular flexibility index (Phi) is 3.95. The van der Waals surface area contributed by atoms with Gasteiger partial charge in [-0.05, 0) is 37.2 Å². The van der Waals surface area contributed by atoms with Gasteiger partial charge in [0.05, 0.1) is 17.0 Å². The highest BCUT2D eigenvalue weighted by Gasteiger charge is 2.20. The average molecular weight is 361 g/mol. The molecule has 0 aliphatic carbocycles. The van der Waals surface area contributed by atoms with E-state index in [1.165, 1.54) is 11.3 Å². The number of fused-ring (bicyclic) bond motifs is 3. The molecule has 24 heavy (non-hydrogen) atoms. The molecule has 4 rings (SSSR count). The number of rotatable bonds is 3. The number of ether oxygens (including phenoxy) is 1. The third-order valence-corrected chi connectivity index (χ3v) is 5.53. The van der Waals surface area contributed by atoms with Crippen molar-refractivity contribution in [2.75, 3.05) is 13.2 Å². The van der Waals surface area contributed by atoms with Crippen LogP contribution in [0.4, 0.5) is 0 Å². The first-order valence-electron chi connectivity index (χ1n) is 7.71. The minimum Gasteiger partial charge on any atom is -0.376 e. The summed E-state index contributed by atoms with van der Waals surface area (Å²) in [6, 6.07) is 7.21. The number of aromatic nitrogens is 2. The number of nitrogens with one attached hydrogen (secondary N) is 2. The molecule has 3 aromatic rings. The Morgan fingerprint density at radius 1 is 1.46 bits per heavy atom. The molecule has 1 aromatic carbocycles. The second-order valence-electron chi connectivity index (χ2n) is 5.70. The highest BCUT2D eigenvalue weighted by atomic mass is 32.1. The molecule has 1 fully saturated rings. The SMILES string of the molecule is O=C(NCC1CCCO1)c1sc(=S)n2c1[nH]c(=O)c1ccccc12. The van der Waals surface area contributed by atoms with Crippen molar-refractivity contribution < 1.29 is 9.53 Å². The number of aromatic amines is 1. The normalized spacial score (nSPS) is 17.6. The molecule has 6 nitrogen and oxygen atoms in total. The van der Waals surface area contributed by atoms with Crippen LogP contribution in [0.15, 0.2) is 29.1 Å². The van der Waals surface area contributed by atoms with E-state index in [0.29, 0.717) is 31.9 Å². The summed E-state index contributed by atoms with van der Waals surface area (Å²) < 4.78 is 7.79. The first-order chi connectivity index (χ1) is 11.6. The number of H-pyrrole nitrogens is 1. The number of thiazole rings is 1. The van der Waals surface area contributed by atoms with Crippen molar-refractivity contribution >= 4 is 46.0 Å². The lowest BCUT2D eigenvalue weighted by molar-refractivity contribution is 0.0862. The molecule has 1 amide bonds. The van der Waals surface area contributed by atoms with E-state index in [4.69, 9.17) is 17.0 Å². The van der Waals surface area contributed by atoms with Crippen molar-refractivity contribution in [3.63, 3.8) is 0 Å². The van der Waals surface area contributed by atoms with Gasteiger partial charge in [0, 0.05) is 13.2 Å². The molecule has 8 heteroatoms. The molecule has 1 aliphatic heterocycles. The van der Waals surface area contributed by atoms with Crippen LogP contribution in [0.25, 0.3) is 16.6 Å². The van der Waals surface area contributed by atoms with Crippen LogP contribution in [-0.2, 0) is 4.74 Å². The Balaban J connectivity index is 1.77. The molecule has 2 aromatic heterocycles. The number of amides is 1. The van der Waals surface area contributed by atoms with Gasteiger partial charge in [-0.15, -0.1) is 0 Å². The maximum atomic E-state index is 12.5. The smallest absolute Gasteiger partial charge is 0.265 e. The Bertz CT molecular complexity index is 1040. The van der Waals surface area contributed by atoms with Crippen molar-refractivity contribution in [2.24, 2.45) is 0 Å². The topological polar surface area (TPSA) is 75.6 Å². The number of hydrogen-bond donors (Lipinski definition) is 2. The van der Waals surface area contributed by atoms with Gasteiger partial charge in [0.25, 0.3) is 11.5 Å². The summed E-state index contributed by atoms with van der Waals surface area (Å²) in [5.74, 6) is -0.241. The fraction of sp³-hybridized carbons (Fsp3) is 0.312. The number of carbonyl (C=O) groups excluding carboxylic acids is 1. The van der Waals surface area contributed by atoms with Crippen molar-refractivity contribution in [1.82, 2.24) is 14.7 Å². The fourth-order valence-electron chi connectivity index (χ4n) is 2.99. The Labute approximate surface area is 146 Å². The first-order valence-corrected chi connectivity index (χ1v) is 8.94. The van der Waals surface area contributed by atoms with Crippen molar-refractivity contribution in [1.29, 1.82) is 0 Å². The van der Waals surface area contributed by atoms with Gasteiger partial charge in [0.15, 0.2) is 3.95 Å². The molecular formula is C16H15N3O3S2. The summed E-state index contributed by atoms with van der Waals surface area (Å²) in [5.41, 5.74) is 0.917. The minimum absolute atomic E-state index is 0.0654. The maximum Gasteiger partial charge on any atom is 0.265 e. The third-order valence-electron chi connectivity index (χ3n) is 4.15. The monoisotopic (exact) mass is 361 g/mol. The highest BCUT2D eigenvalue weighted by Crippen LogP contribution is 2.22. The summed E-state index contributed by atoms with van der Waals surface area (Å²) in [6.45, 7) is 1.21. The Morgan fingerprint density at radius 2 is 2.29 bits per heavy atom. The van der Waals surface area contributed by atoms with Crippen LogP contribution in [0, 0.1) is 3.95 Å². The van der Waals surface area contributed by atoms with Gasteiger partial charge < -0.3 is 15.0 Å². The lowest BCUT2D eigenvalue weighted by Gasteiger charge is -2.10. The molecule has 124 valence electrons. The number of carbonyl (C=O) groups is 1.